The Hall–Kier alpha value is -0.810. The van der Waals surface area contributed by atoms with Crippen LogP contribution in [0.4, 0.5) is 0 Å². The van der Waals surface area contributed by atoms with Crippen LogP contribution >= 0.6 is 0 Å². The lowest BCUT2D eigenvalue weighted by molar-refractivity contribution is -0.0165. The van der Waals surface area contributed by atoms with E-state index in [1.54, 1.807) is 0 Å². The Kier molecular flexibility index (Phi) is 7.16. The summed E-state index contributed by atoms with van der Waals surface area (Å²) in [5.74, 6) is 0.908. The van der Waals surface area contributed by atoms with E-state index in [0.717, 1.165) is 38.8 Å². The third-order valence-electron chi connectivity index (χ3n) is 3.27. The van der Waals surface area contributed by atoms with Gasteiger partial charge < -0.3 is 15.4 Å². The molecule has 19 heavy (non-hydrogen) atoms. The molecule has 1 rings (SSSR count). The lowest BCUT2D eigenvalue weighted by atomic mass is 10.2. The average Bonchev–Trinajstić information content (AvgIpc) is 2.36. The second-order valence-corrected chi connectivity index (χ2v) is 5.53. The van der Waals surface area contributed by atoms with Crippen LogP contribution in [0.15, 0.2) is 4.99 Å². The molecule has 5 heteroatoms. The van der Waals surface area contributed by atoms with Gasteiger partial charge in [0.1, 0.15) is 0 Å². The highest BCUT2D eigenvalue weighted by molar-refractivity contribution is 5.79. The fraction of sp³-hybridized carbons (Fsp3) is 0.929. The van der Waals surface area contributed by atoms with E-state index in [1.807, 2.05) is 0 Å². The van der Waals surface area contributed by atoms with Gasteiger partial charge in [-0.2, -0.15) is 0 Å². The SMILES string of the molecule is CCNC(=NCC(C)N1CCOCC1C)NC(C)C. The van der Waals surface area contributed by atoms with Crippen molar-refractivity contribution in [3.63, 3.8) is 0 Å². The van der Waals surface area contributed by atoms with Crippen molar-refractivity contribution < 1.29 is 4.74 Å². The summed E-state index contributed by atoms with van der Waals surface area (Å²) in [7, 11) is 0. The number of nitrogens with zero attached hydrogens (tertiary/aromatic N) is 2. The van der Waals surface area contributed by atoms with Crippen molar-refractivity contribution in [2.75, 3.05) is 32.8 Å². The summed E-state index contributed by atoms with van der Waals surface area (Å²) in [6.07, 6.45) is 0. The fourth-order valence-electron chi connectivity index (χ4n) is 2.32. The Morgan fingerprint density at radius 3 is 2.74 bits per heavy atom. The predicted molar refractivity (Wildman–Crippen MR) is 80.7 cm³/mol. The van der Waals surface area contributed by atoms with E-state index >= 15 is 0 Å². The second-order valence-electron chi connectivity index (χ2n) is 5.53. The topological polar surface area (TPSA) is 48.9 Å². The monoisotopic (exact) mass is 270 g/mol. The summed E-state index contributed by atoms with van der Waals surface area (Å²) in [4.78, 5) is 7.15. The Labute approximate surface area is 117 Å². The molecule has 1 fully saturated rings. The Balaban J connectivity index is 2.50. The van der Waals surface area contributed by atoms with Crippen molar-refractivity contribution in [2.24, 2.45) is 4.99 Å². The van der Waals surface area contributed by atoms with Gasteiger partial charge in [-0.15, -0.1) is 0 Å². The van der Waals surface area contributed by atoms with Crippen LogP contribution in [0.2, 0.25) is 0 Å². The van der Waals surface area contributed by atoms with E-state index in [-0.39, 0.29) is 0 Å². The number of guanidine groups is 1. The van der Waals surface area contributed by atoms with Gasteiger partial charge in [0.15, 0.2) is 5.96 Å². The minimum Gasteiger partial charge on any atom is -0.379 e. The summed E-state index contributed by atoms with van der Waals surface area (Å²) >= 11 is 0. The quantitative estimate of drug-likeness (QED) is 0.579. The minimum atomic E-state index is 0.399. The second kappa shape index (κ2) is 8.38. The first-order valence-corrected chi connectivity index (χ1v) is 7.43. The van der Waals surface area contributed by atoms with Crippen molar-refractivity contribution in [1.82, 2.24) is 15.5 Å². The minimum absolute atomic E-state index is 0.399. The van der Waals surface area contributed by atoms with Gasteiger partial charge in [-0.25, -0.2) is 0 Å². The number of ether oxygens (including phenoxy) is 1. The largest absolute Gasteiger partial charge is 0.379 e. The summed E-state index contributed by atoms with van der Waals surface area (Å²) in [6.45, 7) is 15.2. The van der Waals surface area contributed by atoms with E-state index < -0.39 is 0 Å². The van der Waals surface area contributed by atoms with Gasteiger partial charge in [-0.1, -0.05) is 0 Å². The summed E-state index contributed by atoms with van der Waals surface area (Å²) in [6, 6.07) is 1.33. The van der Waals surface area contributed by atoms with Gasteiger partial charge >= 0.3 is 0 Å². The maximum Gasteiger partial charge on any atom is 0.191 e. The van der Waals surface area contributed by atoms with Crippen LogP contribution in [0.3, 0.4) is 0 Å². The van der Waals surface area contributed by atoms with Crippen molar-refractivity contribution in [3.8, 4) is 0 Å². The zero-order valence-electron chi connectivity index (χ0n) is 13.1. The van der Waals surface area contributed by atoms with E-state index in [9.17, 15) is 0 Å². The zero-order chi connectivity index (χ0) is 14.3. The molecule has 0 aromatic carbocycles. The maximum absolute atomic E-state index is 5.48. The molecule has 1 saturated heterocycles. The first kappa shape index (κ1) is 16.2. The van der Waals surface area contributed by atoms with Gasteiger partial charge in [0.25, 0.3) is 0 Å². The molecule has 0 saturated carbocycles. The van der Waals surface area contributed by atoms with Crippen molar-refractivity contribution in [3.05, 3.63) is 0 Å². The number of hydrogen-bond donors (Lipinski definition) is 2. The van der Waals surface area contributed by atoms with E-state index in [0.29, 0.717) is 18.1 Å². The van der Waals surface area contributed by atoms with Gasteiger partial charge in [0, 0.05) is 31.2 Å². The maximum atomic E-state index is 5.48. The van der Waals surface area contributed by atoms with Crippen LogP contribution in [0.1, 0.15) is 34.6 Å². The molecule has 2 N–H and O–H groups in total. The molecule has 0 aromatic heterocycles. The lowest BCUT2D eigenvalue weighted by Gasteiger charge is -2.37. The number of rotatable bonds is 5. The van der Waals surface area contributed by atoms with Crippen molar-refractivity contribution in [2.45, 2.75) is 52.7 Å². The normalized spacial score (nSPS) is 23.5. The average molecular weight is 270 g/mol. The smallest absolute Gasteiger partial charge is 0.191 e. The number of aliphatic imine (C=N–C) groups is 1. The molecule has 5 nitrogen and oxygen atoms in total. The van der Waals surface area contributed by atoms with Crippen LogP contribution < -0.4 is 10.6 Å². The van der Waals surface area contributed by atoms with Crippen LogP contribution in [-0.2, 0) is 4.74 Å². The number of nitrogens with one attached hydrogen (secondary N) is 2. The highest BCUT2D eigenvalue weighted by Crippen LogP contribution is 2.10. The van der Waals surface area contributed by atoms with Crippen molar-refractivity contribution >= 4 is 5.96 Å². The van der Waals surface area contributed by atoms with Crippen LogP contribution in [0.25, 0.3) is 0 Å². The lowest BCUT2D eigenvalue weighted by Crippen LogP contribution is -2.50. The predicted octanol–water partition coefficient (Wildman–Crippen LogP) is 1.06. The molecule has 0 aliphatic carbocycles. The van der Waals surface area contributed by atoms with E-state index in [1.165, 1.54) is 0 Å². The van der Waals surface area contributed by atoms with Gasteiger partial charge in [0.2, 0.25) is 0 Å². The molecule has 0 bridgehead atoms. The highest BCUT2D eigenvalue weighted by atomic mass is 16.5. The molecule has 0 aromatic rings. The number of hydrogen-bond acceptors (Lipinski definition) is 3. The molecular formula is C14H30N4O. The molecule has 1 heterocycles. The molecule has 1 aliphatic heterocycles. The first-order chi connectivity index (χ1) is 9.04. The van der Waals surface area contributed by atoms with Gasteiger partial charge in [-0.05, 0) is 34.6 Å². The Bertz CT molecular complexity index is 281. The first-order valence-electron chi connectivity index (χ1n) is 7.43. The molecule has 0 spiro atoms. The Morgan fingerprint density at radius 2 is 2.16 bits per heavy atom. The van der Waals surface area contributed by atoms with Crippen LogP contribution in [0, 0.1) is 0 Å². The van der Waals surface area contributed by atoms with Gasteiger partial charge in [-0.3, -0.25) is 9.89 Å². The molecule has 112 valence electrons. The molecule has 2 atom stereocenters. The molecule has 0 radical (unpaired) electrons. The van der Waals surface area contributed by atoms with Gasteiger partial charge in [0.05, 0.1) is 19.8 Å². The summed E-state index contributed by atoms with van der Waals surface area (Å²) in [5, 5.41) is 6.63. The number of morpholine rings is 1. The van der Waals surface area contributed by atoms with E-state index in [2.05, 4.69) is 55.1 Å². The molecule has 2 unspecified atom stereocenters. The van der Waals surface area contributed by atoms with Crippen LogP contribution in [0.5, 0.6) is 0 Å². The summed E-state index contributed by atoms with van der Waals surface area (Å²) in [5.41, 5.74) is 0. The third kappa shape index (κ3) is 5.78. The fourth-order valence-corrected chi connectivity index (χ4v) is 2.32. The zero-order valence-corrected chi connectivity index (χ0v) is 13.1. The van der Waals surface area contributed by atoms with E-state index in [4.69, 9.17) is 4.74 Å². The summed E-state index contributed by atoms with van der Waals surface area (Å²) < 4.78 is 5.48. The Morgan fingerprint density at radius 1 is 1.42 bits per heavy atom. The third-order valence-corrected chi connectivity index (χ3v) is 3.27. The molecular weight excluding hydrogens is 240 g/mol. The van der Waals surface area contributed by atoms with Crippen molar-refractivity contribution in [1.29, 1.82) is 0 Å². The van der Waals surface area contributed by atoms with Crippen LogP contribution in [-0.4, -0.2) is 61.8 Å². The molecule has 1 aliphatic rings. The standard InChI is InChI=1S/C14H30N4O/c1-6-15-14(17-11(2)3)16-9-12(4)18-7-8-19-10-13(18)5/h11-13H,6-10H2,1-5H3,(H2,15,16,17). The highest BCUT2D eigenvalue weighted by Gasteiger charge is 2.23. The molecule has 0 amide bonds.